The summed E-state index contributed by atoms with van der Waals surface area (Å²) in [6, 6.07) is 10.9. The van der Waals surface area contributed by atoms with Gasteiger partial charge in [0.1, 0.15) is 95.2 Å². The van der Waals surface area contributed by atoms with Gasteiger partial charge in [-0.25, -0.2) is 83.1 Å². The molecule has 0 spiro atoms. The molecule has 2 fully saturated rings. The van der Waals surface area contributed by atoms with Crippen molar-refractivity contribution in [2.45, 2.75) is 81.6 Å². The van der Waals surface area contributed by atoms with Crippen molar-refractivity contribution in [3.05, 3.63) is 177 Å². The van der Waals surface area contributed by atoms with Gasteiger partial charge < -0.3 is 61.8 Å². The Kier molecular flexibility index (Phi) is 75.0. The number of halogens is 15. The number of sulfonamides is 5. The van der Waals surface area contributed by atoms with E-state index in [9.17, 15) is 129 Å². The Morgan fingerprint density at radius 1 is 0.492 bits per heavy atom. The molecule has 37 nitrogen and oxygen atoms in total. The van der Waals surface area contributed by atoms with Crippen molar-refractivity contribution in [3.8, 4) is 6.07 Å². The van der Waals surface area contributed by atoms with E-state index in [1.807, 2.05) is 19.0 Å². The molecule has 0 aliphatic carbocycles. The van der Waals surface area contributed by atoms with Crippen LogP contribution in [-0.4, -0.2) is 292 Å². The van der Waals surface area contributed by atoms with E-state index < -0.39 is 215 Å². The number of carbonyl (C=O) groups excluding carboxylic acids is 1. The molecule has 3 radical (unpaired) electrons. The molecule has 0 saturated carbocycles. The molecule has 132 heavy (non-hydrogen) atoms. The number of alkyl halides is 1. The Morgan fingerprint density at radius 3 is 0.886 bits per heavy atom. The quantitative estimate of drug-likeness (QED) is 0.0102. The number of rotatable bonds is 22. The van der Waals surface area contributed by atoms with Gasteiger partial charge in [-0.2, -0.15) is 47.4 Å². The van der Waals surface area contributed by atoms with Gasteiger partial charge in [0.2, 0.25) is 25.5 Å². The number of benzene rings is 6. The first kappa shape index (κ1) is 140. The zero-order chi connectivity index (χ0) is 102. The van der Waals surface area contributed by atoms with E-state index in [4.69, 9.17) is 46.5 Å². The van der Waals surface area contributed by atoms with Crippen LogP contribution in [0.2, 0.25) is 0 Å². The number of aldehydes is 1. The fourth-order valence-electron chi connectivity index (χ4n) is 7.18. The van der Waals surface area contributed by atoms with Crippen molar-refractivity contribution in [1.29, 1.82) is 5.26 Å². The number of carbonyl (C=O) groups is 1. The molecule has 2 aliphatic heterocycles. The van der Waals surface area contributed by atoms with E-state index >= 15 is 0 Å². The van der Waals surface area contributed by atoms with Crippen LogP contribution in [0, 0.1) is 81.1 Å². The van der Waals surface area contributed by atoms with Crippen LogP contribution in [-0.2, 0) is 115 Å². The predicted octanol–water partition coefficient (Wildman–Crippen LogP) is 4.96. The monoisotopic (exact) mass is 2120 g/mol. The number of primary sulfonamides is 1. The minimum Gasteiger partial charge on any atom is -1.00 e. The van der Waals surface area contributed by atoms with Crippen molar-refractivity contribution in [2.75, 3.05) is 138 Å². The van der Waals surface area contributed by atoms with Crippen LogP contribution >= 0.6 is 21.4 Å². The van der Waals surface area contributed by atoms with Gasteiger partial charge in [-0.15, -0.1) is 17.6 Å². The normalized spacial score (nSPS) is 12.1. The molecule has 2 heterocycles. The maximum absolute atomic E-state index is 13.8. The summed E-state index contributed by atoms with van der Waals surface area (Å²) in [6.07, 6.45) is 10.5. The summed E-state index contributed by atoms with van der Waals surface area (Å²) in [5, 5.41) is 27.7. The van der Waals surface area contributed by atoms with Crippen LogP contribution in [0.5, 0.6) is 0 Å². The summed E-state index contributed by atoms with van der Waals surface area (Å²) >= 11 is 0. The van der Waals surface area contributed by atoms with Gasteiger partial charge in [0.05, 0.1) is 80.8 Å². The first-order chi connectivity index (χ1) is 59.1. The molecule has 6 aromatic carbocycles. The van der Waals surface area contributed by atoms with Gasteiger partial charge in [-0.1, -0.05) is 0 Å². The summed E-state index contributed by atoms with van der Waals surface area (Å²) in [6.45, 7) is 3.71. The fourth-order valence-corrected chi connectivity index (χ4v) is 12.6. The molecule has 8 rings (SSSR count). The van der Waals surface area contributed by atoms with Gasteiger partial charge in [-0.3, -0.25) is 18.3 Å². The average molecular weight is 2120 g/mol. The van der Waals surface area contributed by atoms with Crippen molar-refractivity contribution in [1.82, 2.24) is 30.7 Å². The molecule has 9 N–H and O–H groups in total. The second-order valence-electron chi connectivity index (χ2n) is 24.5. The van der Waals surface area contributed by atoms with Crippen LogP contribution < -0.4 is 40.8 Å². The maximum atomic E-state index is 13.8. The molecular weight excluding hydrogens is 2020 g/mol. The fraction of sp³-hybridized carbons (Fsp3) is 0.400. The third kappa shape index (κ3) is 66.6. The molecule has 0 amide bonds. The first-order valence-electron chi connectivity index (χ1n) is 34.8. The molecule has 0 atom stereocenters. The van der Waals surface area contributed by atoms with E-state index in [-0.39, 0.29) is 63.7 Å². The summed E-state index contributed by atoms with van der Waals surface area (Å²) in [4.78, 5) is 14.0. The summed E-state index contributed by atoms with van der Waals surface area (Å²) in [5.41, 5.74) is -2.09. The minimum atomic E-state index is -4.27. The van der Waals surface area contributed by atoms with Gasteiger partial charge in [0, 0.05) is 165 Å². The number of aliphatic hydroxyl groups is 2. The molecule has 2 aliphatic rings. The van der Waals surface area contributed by atoms with Gasteiger partial charge in [0.15, 0.2) is 6.29 Å². The van der Waals surface area contributed by atoms with Crippen LogP contribution in [0.1, 0.15) is 56.9 Å². The Balaban J connectivity index is -0.000000161. The average Bonchev–Trinajstić information content (AvgIpc) is 0.929. The topological polar surface area (TPSA) is 559 Å². The van der Waals surface area contributed by atoms with E-state index in [2.05, 4.69) is 37.6 Å². The van der Waals surface area contributed by atoms with Crippen LogP contribution in [0.4, 0.5) is 57.1 Å². The second kappa shape index (κ2) is 70.8. The minimum absolute atomic E-state index is 0. The molecular formula is C70H102BCl2F13N12NaO25S8. The first-order valence-corrected chi connectivity index (χ1v) is 48.2. The maximum Gasteiger partial charge on any atom is 1.00 e. The van der Waals surface area contributed by atoms with Crippen LogP contribution in [0.15, 0.2) is 138 Å². The number of hydrogen-bond acceptors (Lipinski definition) is 27. The van der Waals surface area contributed by atoms with E-state index in [1.165, 1.54) is 80.4 Å². The van der Waals surface area contributed by atoms with Gasteiger partial charge in [-0.05, 0) is 113 Å². The molecule has 0 aromatic heterocycles. The van der Waals surface area contributed by atoms with E-state index in [0.29, 0.717) is 91.0 Å². The Bertz CT molecular complexity index is 5400. The second-order valence-corrected chi connectivity index (χ2v) is 39.8. The standard InChI is InChI=1S/C11H14F2N2O5S2.C10H12F2N2O3S.C10H10F2N2O3S.C9H10F2N2O2S.C6H3ClF2O2S.C6H5F2NO2S.C5H13NO2.2C4H8O.C2H3N.CH3ClO2S.CH3F.CH4O.B.H3N.Na.H2O.H/c1-15(2)7-14-22(18,19)8-4-10(12)9(11(13)5-8)6-20-21(3,16)17;2*1-14(2)6-13-18(16,17)7-3-9(11)8(5-15)10(12)4-7;1-13(2)6-12-16(14,15)9-4-7(10)3-8(11)5-9;7-12(10,11)6-2-4(8)1-5(9)3-6;7-4-1-5(8)3-6(2-4)12(9,10)11;1-6(2)5(7-3)8-4;2*1-2-4-5-3-1;1-2-3;1-5(2,3)4;2*1-2;;;;;/h4-5,7H,6H2,1-3H3;3-4,6,15H,5H2,1-2H3;3-6H,1-2H3;3-6H,1-2H3;1-3H;1-3H,(H2,9,10,11);5H,1-4H3;2*1-4H2;1H3;1H3;1H3;2H,1H3;;1H3;;1H2;/q;;;;;;;;;;;;;;;+1;;-1/i;;;;;;;;;;;1D;;;;;;. The van der Waals surface area contributed by atoms with Crippen molar-refractivity contribution < 1.29 is 200 Å². The molecule has 0 bridgehead atoms. The Hall–Kier alpha value is -7.75. The van der Waals surface area contributed by atoms with Crippen molar-refractivity contribution in [2.24, 2.45) is 22.7 Å². The SMILES string of the molecule is C1CCOC1.C1CCOC1.CC#N.CN(C)C=NS(=O)(=O)c1cc(F)c(C=O)c(F)c1.CN(C)C=NS(=O)(=O)c1cc(F)c(CO)c(F)c1.CN(C)C=NS(=O)(=O)c1cc(F)c(COS(C)(=O)=O)c(F)c1.CN(C)C=NS(=O)(=O)c1cc(F)cc(F)c1.CO.COC(OC)N(C)C.CS(=O)(=O)Cl.N.NS(=O)(=O)c1cc(F)cc(F)c1.O.O=S(=O)(Cl)c1cc(F)cc(F)c1.[2H]CF.[B].[H-].[Na+]. The van der Waals surface area contributed by atoms with Crippen molar-refractivity contribution >= 4 is 140 Å². The number of nitrogens with two attached hydrogens (primary N) is 1. The summed E-state index contributed by atoms with van der Waals surface area (Å²) in [5.74, 6) is -13.1. The molecule has 0 unspecified atom stereocenters. The molecule has 6 aromatic rings. The van der Waals surface area contributed by atoms with Crippen molar-refractivity contribution in [3.63, 3.8) is 0 Å². The van der Waals surface area contributed by atoms with Gasteiger partial charge in [0.25, 0.3) is 59.3 Å². The Morgan fingerprint density at radius 2 is 0.712 bits per heavy atom. The zero-order valence-corrected chi connectivity index (χ0v) is 83.6. The number of hydrogen-bond donors (Lipinski definition) is 4. The number of ether oxygens (including phenoxy) is 4. The predicted molar refractivity (Wildman–Crippen MR) is 465 cm³/mol. The third-order valence-corrected chi connectivity index (χ3v) is 20.0. The van der Waals surface area contributed by atoms with Crippen LogP contribution in [0.3, 0.4) is 0 Å². The Labute approximate surface area is 796 Å². The molecule has 749 valence electrons. The number of nitrogens with zero attached hydrogens (tertiary/aromatic N) is 10. The van der Waals surface area contributed by atoms with Gasteiger partial charge >= 0.3 is 29.6 Å². The van der Waals surface area contributed by atoms with E-state index in [1.54, 1.807) is 48.5 Å². The van der Waals surface area contributed by atoms with Crippen LogP contribution in [0.25, 0.3) is 0 Å². The number of methoxy groups -OCH3 is 2. The molecule has 62 heteroatoms. The molecule has 2 saturated heterocycles. The van der Waals surface area contributed by atoms with E-state index in [0.717, 1.165) is 71.4 Å². The largest absolute Gasteiger partial charge is 1.00 e. The smallest absolute Gasteiger partial charge is 1.00 e. The zero-order valence-electron chi connectivity index (χ0n) is 75.5. The summed E-state index contributed by atoms with van der Waals surface area (Å²) < 4.78 is 384. The number of aliphatic hydroxyl groups excluding tert-OH is 2. The summed E-state index contributed by atoms with van der Waals surface area (Å²) in [7, 11) is -3.16. The third-order valence-electron chi connectivity index (χ3n) is 12.4. The number of nitriles is 1.